The van der Waals surface area contributed by atoms with Crippen molar-refractivity contribution in [2.45, 2.75) is 19.5 Å². The van der Waals surface area contributed by atoms with Crippen molar-refractivity contribution in [1.82, 2.24) is 0 Å². The Balaban J connectivity index is 1.75. The molecule has 1 saturated heterocycles. The van der Waals surface area contributed by atoms with E-state index in [-0.39, 0.29) is 13.2 Å². The first-order chi connectivity index (χ1) is 9.15. The Kier molecular flexibility index (Phi) is 4.48. The molecule has 0 spiro atoms. The molecule has 1 aliphatic rings. The zero-order valence-electron chi connectivity index (χ0n) is 10.4. The van der Waals surface area contributed by atoms with Crippen LogP contribution >= 0.6 is 0 Å². The Morgan fingerprint density at radius 2 is 2.05 bits per heavy atom. The maximum atomic E-state index is 11.6. The third kappa shape index (κ3) is 4.04. The summed E-state index contributed by atoms with van der Waals surface area (Å²) in [6, 6.07) is 8.61. The molecule has 2 rings (SSSR count). The first-order valence-electron chi connectivity index (χ1n) is 5.81. The van der Waals surface area contributed by atoms with E-state index in [9.17, 15) is 9.59 Å². The van der Waals surface area contributed by atoms with E-state index in [0.717, 1.165) is 0 Å². The summed E-state index contributed by atoms with van der Waals surface area (Å²) in [7, 11) is 0. The first kappa shape index (κ1) is 13.5. The molecule has 6 nitrogen and oxygen atoms in total. The smallest absolute Gasteiger partial charge is 0.338 e. The van der Waals surface area contributed by atoms with Gasteiger partial charge in [-0.15, -0.1) is 0 Å². The van der Waals surface area contributed by atoms with Gasteiger partial charge in [-0.1, -0.05) is 18.2 Å². The van der Waals surface area contributed by atoms with Gasteiger partial charge >= 0.3 is 11.9 Å². The summed E-state index contributed by atoms with van der Waals surface area (Å²) < 4.78 is 20.2. The second-order valence-electron chi connectivity index (χ2n) is 3.90. The van der Waals surface area contributed by atoms with Gasteiger partial charge < -0.3 is 18.9 Å². The molecular formula is C13H14O6. The van der Waals surface area contributed by atoms with E-state index in [0.29, 0.717) is 5.56 Å². The van der Waals surface area contributed by atoms with Crippen LogP contribution in [0.1, 0.15) is 17.3 Å². The van der Waals surface area contributed by atoms with Crippen LogP contribution in [0.3, 0.4) is 0 Å². The third-order valence-corrected chi connectivity index (χ3v) is 2.38. The van der Waals surface area contributed by atoms with Crippen LogP contribution in [0.5, 0.6) is 0 Å². The van der Waals surface area contributed by atoms with Crippen molar-refractivity contribution in [2.75, 3.05) is 13.2 Å². The van der Waals surface area contributed by atoms with Crippen LogP contribution in [0.25, 0.3) is 0 Å². The number of carbonyl (C=O) groups is 2. The minimum Gasteiger partial charge on any atom is -0.457 e. The molecule has 0 amide bonds. The molecule has 0 N–H and O–H groups in total. The van der Waals surface area contributed by atoms with Crippen LogP contribution in [0.4, 0.5) is 0 Å². The van der Waals surface area contributed by atoms with E-state index in [4.69, 9.17) is 18.9 Å². The lowest BCUT2D eigenvalue weighted by Crippen LogP contribution is -2.22. The highest BCUT2D eigenvalue weighted by Gasteiger charge is 2.29. The number of benzene rings is 1. The van der Waals surface area contributed by atoms with Crippen LogP contribution in [0, 0.1) is 0 Å². The normalized spacial score (nSPS) is 21.9. The third-order valence-electron chi connectivity index (χ3n) is 2.38. The van der Waals surface area contributed by atoms with Crippen LogP contribution in [-0.4, -0.2) is 37.7 Å². The van der Waals surface area contributed by atoms with Gasteiger partial charge in [0.25, 0.3) is 0 Å². The molecule has 0 bridgehead atoms. The quantitative estimate of drug-likeness (QED) is 0.760. The molecule has 102 valence electrons. The second-order valence-corrected chi connectivity index (χ2v) is 3.90. The van der Waals surface area contributed by atoms with E-state index in [2.05, 4.69) is 0 Å². The Morgan fingerprint density at radius 1 is 1.32 bits per heavy atom. The fourth-order valence-corrected chi connectivity index (χ4v) is 1.57. The van der Waals surface area contributed by atoms with Crippen molar-refractivity contribution in [3.8, 4) is 0 Å². The van der Waals surface area contributed by atoms with Crippen molar-refractivity contribution in [2.24, 2.45) is 0 Å². The molecule has 0 unspecified atom stereocenters. The topological polar surface area (TPSA) is 71.1 Å². The van der Waals surface area contributed by atoms with E-state index < -0.39 is 24.5 Å². The van der Waals surface area contributed by atoms with Crippen molar-refractivity contribution >= 4 is 11.9 Å². The molecule has 0 radical (unpaired) electrons. The Hall–Kier alpha value is -1.92. The molecule has 6 heteroatoms. The second kappa shape index (κ2) is 6.31. The summed E-state index contributed by atoms with van der Waals surface area (Å²) in [5, 5.41) is 0. The maximum absolute atomic E-state index is 11.6. The highest BCUT2D eigenvalue weighted by atomic mass is 16.8. The van der Waals surface area contributed by atoms with Gasteiger partial charge in [-0.05, 0) is 12.1 Å². The summed E-state index contributed by atoms with van der Waals surface area (Å²) in [6.45, 7) is 1.37. The van der Waals surface area contributed by atoms with Crippen molar-refractivity contribution in [3.05, 3.63) is 35.9 Å². The highest BCUT2D eigenvalue weighted by Crippen LogP contribution is 2.14. The van der Waals surface area contributed by atoms with Gasteiger partial charge in [-0.25, -0.2) is 4.79 Å². The Bertz CT molecular complexity index is 444. The summed E-state index contributed by atoms with van der Waals surface area (Å²) in [5.41, 5.74) is 0.456. The molecule has 2 atom stereocenters. The van der Waals surface area contributed by atoms with Gasteiger partial charge in [0.05, 0.1) is 5.56 Å². The zero-order valence-corrected chi connectivity index (χ0v) is 10.4. The summed E-state index contributed by atoms with van der Waals surface area (Å²) in [6.07, 6.45) is -1.45. The maximum Gasteiger partial charge on any atom is 0.338 e. The van der Waals surface area contributed by atoms with Crippen LogP contribution in [0.2, 0.25) is 0 Å². The molecule has 1 aromatic rings. The van der Waals surface area contributed by atoms with Gasteiger partial charge in [-0.2, -0.15) is 0 Å². The van der Waals surface area contributed by atoms with Gasteiger partial charge in [0.1, 0.15) is 13.2 Å². The predicted octanol–water partition coefficient (Wildman–Crippen LogP) is 1.11. The number of esters is 2. The molecule has 1 aliphatic heterocycles. The summed E-state index contributed by atoms with van der Waals surface area (Å²) in [5.74, 6) is -0.903. The molecule has 1 fully saturated rings. The highest BCUT2D eigenvalue weighted by molar-refractivity contribution is 5.89. The Morgan fingerprint density at radius 3 is 2.74 bits per heavy atom. The van der Waals surface area contributed by atoms with E-state index in [1.165, 1.54) is 6.92 Å². The average Bonchev–Trinajstić information content (AvgIpc) is 2.84. The first-order valence-corrected chi connectivity index (χ1v) is 5.81. The molecule has 19 heavy (non-hydrogen) atoms. The van der Waals surface area contributed by atoms with Crippen molar-refractivity contribution < 1.29 is 28.5 Å². The van der Waals surface area contributed by atoms with E-state index in [1.54, 1.807) is 24.3 Å². The molecule has 1 heterocycles. The monoisotopic (exact) mass is 266 g/mol. The lowest BCUT2D eigenvalue weighted by Gasteiger charge is -2.11. The zero-order chi connectivity index (χ0) is 13.7. The SMILES string of the molecule is CC(=O)O[C@H]1CO[C@@H](COC(=O)c2ccccc2)O1. The van der Waals surface area contributed by atoms with Gasteiger partial charge in [0, 0.05) is 6.92 Å². The fourth-order valence-electron chi connectivity index (χ4n) is 1.57. The molecule has 1 aromatic carbocycles. The lowest BCUT2D eigenvalue weighted by atomic mass is 10.2. The van der Waals surface area contributed by atoms with Crippen LogP contribution < -0.4 is 0 Å². The van der Waals surface area contributed by atoms with Crippen molar-refractivity contribution in [3.63, 3.8) is 0 Å². The van der Waals surface area contributed by atoms with Crippen LogP contribution in [0.15, 0.2) is 30.3 Å². The van der Waals surface area contributed by atoms with Crippen molar-refractivity contribution in [1.29, 1.82) is 0 Å². The molecule has 0 aliphatic carbocycles. The number of hydrogen-bond donors (Lipinski definition) is 0. The van der Waals surface area contributed by atoms with E-state index in [1.807, 2.05) is 6.07 Å². The Labute approximate surface area is 110 Å². The molecule has 0 saturated carbocycles. The standard InChI is InChI=1S/C13H14O6/c1-9(14)18-12-8-16-11(19-12)7-17-13(15)10-5-3-2-4-6-10/h2-6,11-12H,7-8H2,1H3/t11-,12-/m1/s1. The van der Waals surface area contributed by atoms with E-state index >= 15 is 0 Å². The number of rotatable bonds is 4. The van der Waals surface area contributed by atoms with Gasteiger partial charge in [0.2, 0.25) is 6.29 Å². The minimum absolute atomic E-state index is 0.0501. The van der Waals surface area contributed by atoms with Gasteiger partial charge in [0.15, 0.2) is 6.29 Å². The molecule has 0 aromatic heterocycles. The number of ether oxygens (including phenoxy) is 4. The lowest BCUT2D eigenvalue weighted by molar-refractivity contribution is -0.177. The van der Waals surface area contributed by atoms with Gasteiger partial charge in [-0.3, -0.25) is 4.79 Å². The number of hydrogen-bond acceptors (Lipinski definition) is 6. The van der Waals surface area contributed by atoms with Crippen LogP contribution in [-0.2, 0) is 23.7 Å². The minimum atomic E-state index is -0.738. The predicted molar refractivity (Wildman–Crippen MR) is 63.1 cm³/mol. The average molecular weight is 266 g/mol. The largest absolute Gasteiger partial charge is 0.457 e. The summed E-state index contributed by atoms with van der Waals surface area (Å²) in [4.78, 5) is 22.4. The summed E-state index contributed by atoms with van der Waals surface area (Å²) >= 11 is 0. The fraction of sp³-hybridized carbons (Fsp3) is 0.385. The molecular weight excluding hydrogens is 252 g/mol. The number of carbonyl (C=O) groups excluding carboxylic acids is 2.